The van der Waals surface area contributed by atoms with Gasteiger partial charge in [-0.3, -0.25) is 4.79 Å². The maximum atomic E-state index is 13.4. The molecule has 0 aliphatic carbocycles. The van der Waals surface area contributed by atoms with Gasteiger partial charge in [-0.05, 0) is 42.3 Å². The second-order valence-electron chi connectivity index (χ2n) is 9.17. The zero-order chi connectivity index (χ0) is 25.3. The number of hydrogen-bond donors (Lipinski definition) is 0. The van der Waals surface area contributed by atoms with Gasteiger partial charge in [0.1, 0.15) is 6.54 Å². The Balaban J connectivity index is 1.34. The molecular weight excluding hydrogens is 494 g/mol. The summed E-state index contributed by atoms with van der Waals surface area (Å²) in [6.45, 7) is 4.64. The molecule has 186 valence electrons. The van der Waals surface area contributed by atoms with Crippen LogP contribution in [0.1, 0.15) is 11.1 Å². The van der Waals surface area contributed by atoms with Crippen molar-refractivity contribution < 1.29 is 13.2 Å². The van der Waals surface area contributed by atoms with Gasteiger partial charge in [-0.25, -0.2) is 8.42 Å². The van der Waals surface area contributed by atoms with E-state index >= 15 is 0 Å². The summed E-state index contributed by atoms with van der Waals surface area (Å²) in [5, 5.41) is 1.34. The lowest BCUT2D eigenvalue weighted by Crippen LogP contribution is -2.49. The minimum absolute atomic E-state index is 0.0238. The highest BCUT2D eigenvalue weighted by Gasteiger charge is 2.25. The fraction of sp³-hybridized carbons (Fsp3) is 0.250. The summed E-state index contributed by atoms with van der Waals surface area (Å²) >= 11 is 6.13. The summed E-state index contributed by atoms with van der Waals surface area (Å²) in [4.78, 5) is 17.5. The number of rotatable bonds is 6. The molecule has 1 aliphatic heterocycles. The Kier molecular flexibility index (Phi) is 6.77. The molecule has 3 aromatic carbocycles. The van der Waals surface area contributed by atoms with E-state index in [2.05, 4.69) is 4.90 Å². The zero-order valence-electron chi connectivity index (χ0n) is 20.1. The Hall–Kier alpha value is -3.29. The molecule has 0 radical (unpaired) electrons. The van der Waals surface area contributed by atoms with Crippen LogP contribution in [0.4, 0.5) is 5.69 Å². The van der Waals surface area contributed by atoms with Gasteiger partial charge in [0.15, 0.2) is 9.84 Å². The first-order valence-corrected chi connectivity index (χ1v) is 14.0. The number of anilines is 1. The van der Waals surface area contributed by atoms with E-state index in [4.69, 9.17) is 11.6 Å². The van der Waals surface area contributed by atoms with Crippen LogP contribution in [0.2, 0.25) is 5.02 Å². The monoisotopic (exact) mass is 521 g/mol. The van der Waals surface area contributed by atoms with Crippen molar-refractivity contribution in [3.05, 3.63) is 95.1 Å². The molecule has 1 amide bonds. The SMILES string of the molecule is Cc1ccccc1CS(=O)(=O)c1cn(CC(=O)N2CCN(c3cccc(Cl)c3)CC2)c2ccccc12. The molecule has 0 bridgehead atoms. The van der Waals surface area contributed by atoms with Crippen molar-refractivity contribution in [3.8, 4) is 0 Å². The molecule has 36 heavy (non-hydrogen) atoms. The van der Waals surface area contributed by atoms with E-state index < -0.39 is 9.84 Å². The van der Waals surface area contributed by atoms with E-state index in [0.29, 0.717) is 36.6 Å². The topological polar surface area (TPSA) is 62.6 Å². The third kappa shape index (κ3) is 4.99. The maximum absolute atomic E-state index is 13.4. The van der Waals surface area contributed by atoms with Gasteiger partial charge in [0.05, 0.1) is 10.6 Å². The summed E-state index contributed by atoms with van der Waals surface area (Å²) in [5.74, 6) is -0.100. The van der Waals surface area contributed by atoms with Crippen LogP contribution in [0.25, 0.3) is 10.9 Å². The van der Waals surface area contributed by atoms with Crippen molar-refractivity contribution in [3.63, 3.8) is 0 Å². The highest BCUT2D eigenvalue weighted by molar-refractivity contribution is 7.90. The zero-order valence-corrected chi connectivity index (χ0v) is 21.7. The van der Waals surface area contributed by atoms with Crippen molar-refractivity contribution in [1.29, 1.82) is 0 Å². The van der Waals surface area contributed by atoms with Gasteiger partial charge in [0, 0.05) is 54.0 Å². The molecule has 0 atom stereocenters. The number of sulfone groups is 1. The van der Waals surface area contributed by atoms with Gasteiger partial charge in [0.25, 0.3) is 0 Å². The van der Waals surface area contributed by atoms with E-state index in [1.807, 2.05) is 84.6 Å². The first-order valence-electron chi connectivity index (χ1n) is 12.0. The van der Waals surface area contributed by atoms with E-state index in [1.165, 1.54) is 0 Å². The highest BCUT2D eigenvalue weighted by atomic mass is 35.5. The minimum Gasteiger partial charge on any atom is -0.368 e. The van der Waals surface area contributed by atoms with E-state index in [-0.39, 0.29) is 23.1 Å². The van der Waals surface area contributed by atoms with Crippen LogP contribution in [0.3, 0.4) is 0 Å². The first kappa shape index (κ1) is 24.4. The molecule has 0 N–H and O–H groups in total. The molecule has 0 spiro atoms. The molecule has 4 aromatic rings. The van der Waals surface area contributed by atoms with E-state index in [9.17, 15) is 13.2 Å². The van der Waals surface area contributed by atoms with Gasteiger partial charge >= 0.3 is 0 Å². The number of para-hydroxylation sites is 1. The number of fused-ring (bicyclic) bond motifs is 1. The normalized spacial score (nSPS) is 14.4. The lowest BCUT2D eigenvalue weighted by atomic mass is 10.1. The molecule has 8 heteroatoms. The predicted octanol–water partition coefficient (Wildman–Crippen LogP) is 4.93. The average molecular weight is 522 g/mol. The number of carbonyl (C=O) groups is 1. The lowest BCUT2D eigenvalue weighted by Gasteiger charge is -2.36. The second kappa shape index (κ2) is 9.99. The molecule has 1 aromatic heterocycles. The summed E-state index contributed by atoms with van der Waals surface area (Å²) in [6, 6.07) is 22.6. The van der Waals surface area contributed by atoms with Crippen LogP contribution in [0, 0.1) is 6.92 Å². The summed E-state index contributed by atoms with van der Waals surface area (Å²) < 4.78 is 28.6. The third-order valence-corrected chi connectivity index (χ3v) is 8.73. The number of benzene rings is 3. The van der Waals surface area contributed by atoms with Crippen molar-refractivity contribution >= 4 is 43.9 Å². The molecule has 1 fully saturated rings. The van der Waals surface area contributed by atoms with Crippen molar-refractivity contribution in [2.75, 3.05) is 31.1 Å². The van der Waals surface area contributed by atoms with Gasteiger partial charge in [-0.1, -0.05) is 60.1 Å². The molecule has 0 saturated carbocycles. The number of aryl methyl sites for hydroxylation is 1. The number of amides is 1. The predicted molar refractivity (Wildman–Crippen MR) is 144 cm³/mol. The fourth-order valence-corrected chi connectivity index (χ4v) is 6.65. The number of nitrogens with zero attached hydrogens (tertiary/aromatic N) is 3. The smallest absolute Gasteiger partial charge is 0.242 e. The largest absolute Gasteiger partial charge is 0.368 e. The molecule has 0 unspecified atom stereocenters. The molecule has 1 saturated heterocycles. The molecule has 6 nitrogen and oxygen atoms in total. The van der Waals surface area contributed by atoms with Crippen LogP contribution >= 0.6 is 11.6 Å². The van der Waals surface area contributed by atoms with Crippen molar-refractivity contribution in [2.24, 2.45) is 0 Å². The Bertz CT molecular complexity index is 1520. The fourth-order valence-electron chi connectivity index (χ4n) is 4.78. The highest BCUT2D eigenvalue weighted by Crippen LogP contribution is 2.29. The number of aromatic nitrogens is 1. The standard InChI is InChI=1S/C28H28ClN3O3S/c1-21-7-2-3-8-22(21)20-36(34,35)27-18-32(26-12-5-4-11-25(26)27)19-28(33)31-15-13-30(14-16-31)24-10-6-9-23(29)17-24/h2-12,17-18H,13-16,19-20H2,1H3. The molecule has 5 rings (SSSR count). The van der Waals surface area contributed by atoms with Gasteiger partial charge in [-0.15, -0.1) is 0 Å². The maximum Gasteiger partial charge on any atom is 0.242 e. The van der Waals surface area contributed by atoms with Crippen LogP contribution in [0.15, 0.2) is 83.9 Å². The number of carbonyl (C=O) groups excluding carboxylic acids is 1. The minimum atomic E-state index is -3.61. The molecule has 2 heterocycles. The number of piperazine rings is 1. The van der Waals surface area contributed by atoms with Crippen LogP contribution in [-0.2, 0) is 26.9 Å². The lowest BCUT2D eigenvalue weighted by molar-refractivity contribution is -0.132. The van der Waals surface area contributed by atoms with Gasteiger partial charge < -0.3 is 14.4 Å². The van der Waals surface area contributed by atoms with E-state index in [0.717, 1.165) is 22.3 Å². The second-order valence-corrected chi connectivity index (χ2v) is 11.6. The Morgan fingerprint density at radius 1 is 0.917 bits per heavy atom. The quantitative estimate of drug-likeness (QED) is 0.361. The van der Waals surface area contributed by atoms with Crippen molar-refractivity contribution in [1.82, 2.24) is 9.47 Å². The summed E-state index contributed by atoms with van der Waals surface area (Å²) in [5.41, 5.74) is 3.51. The Morgan fingerprint density at radius 2 is 1.64 bits per heavy atom. The van der Waals surface area contributed by atoms with Crippen LogP contribution < -0.4 is 4.90 Å². The van der Waals surface area contributed by atoms with E-state index in [1.54, 1.807) is 10.8 Å². The molecular formula is C28H28ClN3O3S. The Labute approximate surface area is 216 Å². The molecule has 1 aliphatic rings. The first-order chi connectivity index (χ1) is 17.3. The Morgan fingerprint density at radius 3 is 2.39 bits per heavy atom. The van der Waals surface area contributed by atoms with Crippen LogP contribution in [0.5, 0.6) is 0 Å². The van der Waals surface area contributed by atoms with Crippen molar-refractivity contribution in [2.45, 2.75) is 24.1 Å². The summed E-state index contributed by atoms with van der Waals surface area (Å²) in [7, 11) is -3.61. The number of hydrogen-bond acceptors (Lipinski definition) is 4. The third-order valence-electron chi connectivity index (χ3n) is 6.81. The van der Waals surface area contributed by atoms with Gasteiger partial charge in [0.2, 0.25) is 5.91 Å². The van der Waals surface area contributed by atoms with Crippen LogP contribution in [-0.4, -0.2) is 50.0 Å². The van der Waals surface area contributed by atoms with Gasteiger partial charge in [-0.2, -0.15) is 0 Å². The average Bonchev–Trinajstić information content (AvgIpc) is 3.25. The summed E-state index contributed by atoms with van der Waals surface area (Å²) in [6.07, 6.45) is 1.62. The number of halogens is 1.